The Labute approximate surface area is 181 Å². The van der Waals surface area contributed by atoms with E-state index in [0.29, 0.717) is 21.8 Å². The number of hydrogen-bond acceptors (Lipinski definition) is 6. The van der Waals surface area contributed by atoms with E-state index in [4.69, 9.17) is 4.42 Å². The summed E-state index contributed by atoms with van der Waals surface area (Å²) in [6.07, 6.45) is 0. The van der Waals surface area contributed by atoms with Crippen LogP contribution in [0, 0.1) is 6.92 Å². The monoisotopic (exact) mass is 427 g/mol. The van der Waals surface area contributed by atoms with Gasteiger partial charge in [0.1, 0.15) is 16.9 Å². The molecular formula is C24H17N3O3S. The number of rotatable bonds is 3. The van der Waals surface area contributed by atoms with Crippen molar-refractivity contribution in [3.63, 3.8) is 0 Å². The fourth-order valence-electron chi connectivity index (χ4n) is 3.18. The number of nitrogens with one attached hydrogen (secondary N) is 1. The van der Waals surface area contributed by atoms with E-state index in [2.05, 4.69) is 15.3 Å². The van der Waals surface area contributed by atoms with Gasteiger partial charge in [-0.25, -0.2) is 9.98 Å². The Bertz CT molecular complexity index is 1470. The standard InChI is InChI=1S/C24H17N3O3S/c1-14-6-9-16(10-7-14)25-23-18(12-15-8-11-17(28)13-20(15)30-23)22(29)27-24-26-19-4-2-3-5-21(19)31-24/h2-13,28H,1H3,(H,26,27,29). The van der Waals surface area contributed by atoms with E-state index in [1.54, 1.807) is 18.2 Å². The summed E-state index contributed by atoms with van der Waals surface area (Å²) in [4.78, 5) is 22.2. The van der Waals surface area contributed by atoms with Crippen molar-refractivity contribution < 1.29 is 14.3 Å². The average Bonchev–Trinajstić information content (AvgIpc) is 3.17. The van der Waals surface area contributed by atoms with Crippen molar-refractivity contribution in [2.75, 3.05) is 5.32 Å². The second-order valence-electron chi connectivity index (χ2n) is 7.08. The van der Waals surface area contributed by atoms with Crippen molar-refractivity contribution in [3.05, 3.63) is 89.5 Å². The normalized spacial score (nSPS) is 11.8. The summed E-state index contributed by atoms with van der Waals surface area (Å²) in [7, 11) is 0. The van der Waals surface area contributed by atoms with Crippen LogP contribution in [0.25, 0.3) is 21.2 Å². The van der Waals surface area contributed by atoms with Crippen LogP contribution in [0.15, 0.2) is 82.2 Å². The lowest BCUT2D eigenvalue weighted by Crippen LogP contribution is -2.21. The molecule has 2 aromatic heterocycles. The Kier molecular flexibility index (Phi) is 4.72. The second-order valence-corrected chi connectivity index (χ2v) is 8.11. The number of aromatic hydroxyl groups is 1. The fourth-order valence-corrected chi connectivity index (χ4v) is 4.04. The summed E-state index contributed by atoms with van der Waals surface area (Å²) in [5.41, 5.74) is 3.45. The quantitative estimate of drug-likeness (QED) is 0.396. The number of phenolic OH excluding ortho intramolecular Hbond substituents is 1. The average molecular weight is 427 g/mol. The lowest BCUT2D eigenvalue weighted by molar-refractivity contribution is 0.102. The molecule has 0 atom stereocenters. The topological polar surface area (TPSA) is 87.7 Å². The van der Waals surface area contributed by atoms with Crippen molar-refractivity contribution in [1.29, 1.82) is 0 Å². The molecule has 0 aliphatic heterocycles. The third-order valence-electron chi connectivity index (χ3n) is 4.76. The molecule has 2 heterocycles. The van der Waals surface area contributed by atoms with Crippen LogP contribution < -0.4 is 10.9 Å². The van der Waals surface area contributed by atoms with Gasteiger partial charge < -0.3 is 9.52 Å². The Balaban J connectivity index is 1.62. The number of benzene rings is 3. The van der Waals surface area contributed by atoms with E-state index < -0.39 is 0 Å². The van der Waals surface area contributed by atoms with Gasteiger partial charge in [-0.15, -0.1) is 0 Å². The van der Waals surface area contributed by atoms with Gasteiger partial charge in [0.2, 0.25) is 5.55 Å². The van der Waals surface area contributed by atoms with E-state index in [-0.39, 0.29) is 22.8 Å². The van der Waals surface area contributed by atoms with Crippen molar-refractivity contribution in [1.82, 2.24) is 4.98 Å². The maximum Gasteiger partial charge on any atom is 0.262 e. The summed E-state index contributed by atoms with van der Waals surface area (Å²) in [5, 5.41) is 13.8. The van der Waals surface area contributed by atoms with Crippen LogP contribution in [-0.4, -0.2) is 16.0 Å². The van der Waals surface area contributed by atoms with Crippen molar-refractivity contribution in [3.8, 4) is 5.75 Å². The highest BCUT2D eigenvalue weighted by atomic mass is 32.1. The van der Waals surface area contributed by atoms with Crippen molar-refractivity contribution in [2.24, 2.45) is 4.99 Å². The van der Waals surface area contributed by atoms with Gasteiger partial charge in [0.25, 0.3) is 5.91 Å². The zero-order chi connectivity index (χ0) is 21.4. The molecule has 0 aliphatic carbocycles. The van der Waals surface area contributed by atoms with Crippen LogP contribution in [0.3, 0.4) is 0 Å². The van der Waals surface area contributed by atoms with Gasteiger partial charge in [-0.3, -0.25) is 10.1 Å². The first-order chi connectivity index (χ1) is 15.0. The fraction of sp³-hybridized carbons (Fsp3) is 0.0417. The Morgan fingerprint density at radius 1 is 1.06 bits per heavy atom. The number of anilines is 1. The summed E-state index contributed by atoms with van der Waals surface area (Å²) < 4.78 is 6.91. The van der Waals surface area contributed by atoms with Gasteiger partial charge in [-0.05, 0) is 49.4 Å². The van der Waals surface area contributed by atoms with E-state index in [9.17, 15) is 9.90 Å². The zero-order valence-corrected chi connectivity index (χ0v) is 17.3. The van der Waals surface area contributed by atoms with Crippen LogP contribution >= 0.6 is 11.3 Å². The van der Waals surface area contributed by atoms with Gasteiger partial charge in [0.15, 0.2) is 5.13 Å². The third-order valence-corrected chi connectivity index (χ3v) is 5.71. The number of nitrogens with zero attached hydrogens (tertiary/aromatic N) is 2. The lowest BCUT2D eigenvalue weighted by atomic mass is 10.1. The van der Waals surface area contributed by atoms with Gasteiger partial charge in [0.05, 0.1) is 15.9 Å². The number of carbonyl (C=O) groups is 1. The minimum absolute atomic E-state index is 0.0733. The van der Waals surface area contributed by atoms with E-state index in [1.807, 2.05) is 55.5 Å². The van der Waals surface area contributed by atoms with E-state index in [0.717, 1.165) is 15.8 Å². The van der Waals surface area contributed by atoms with Crippen molar-refractivity contribution >= 4 is 49.2 Å². The Hall–Kier alpha value is -3.97. The van der Waals surface area contributed by atoms with Crippen LogP contribution in [-0.2, 0) is 0 Å². The molecule has 0 aliphatic rings. The van der Waals surface area contributed by atoms with Crippen LogP contribution in [0.1, 0.15) is 15.9 Å². The number of phenols is 1. The van der Waals surface area contributed by atoms with Gasteiger partial charge >= 0.3 is 0 Å². The molecule has 0 spiro atoms. The third kappa shape index (κ3) is 3.91. The molecule has 0 unspecified atom stereocenters. The number of fused-ring (bicyclic) bond motifs is 2. The molecule has 0 radical (unpaired) electrons. The molecule has 2 N–H and O–H groups in total. The zero-order valence-electron chi connectivity index (χ0n) is 16.5. The molecular weight excluding hydrogens is 410 g/mol. The molecule has 5 rings (SSSR count). The number of hydrogen-bond donors (Lipinski definition) is 2. The number of amides is 1. The molecule has 31 heavy (non-hydrogen) atoms. The number of aryl methyl sites for hydroxylation is 1. The molecule has 6 nitrogen and oxygen atoms in total. The smallest absolute Gasteiger partial charge is 0.262 e. The molecule has 1 amide bonds. The molecule has 0 saturated carbocycles. The first-order valence-electron chi connectivity index (χ1n) is 9.60. The minimum atomic E-state index is -0.372. The van der Waals surface area contributed by atoms with Crippen molar-refractivity contribution in [2.45, 2.75) is 6.92 Å². The molecule has 3 aromatic carbocycles. The van der Waals surface area contributed by atoms with Gasteiger partial charge in [0, 0.05) is 11.5 Å². The number of thiazole rings is 1. The lowest BCUT2D eigenvalue weighted by Gasteiger charge is -2.05. The SMILES string of the molecule is Cc1ccc(N=c2oc3cc(O)ccc3cc2C(=O)Nc2nc3ccccc3s2)cc1. The molecule has 7 heteroatoms. The summed E-state index contributed by atoms with van der Waals surface area (Å²) in [5.74, 6) is -0.298. The highest BCUT2D eigenvalue weighted by Crippen LogP contribution is 2.26. The molecule has 5 aromatic rings. The number of carbonyl (C=O) groups excluding carboxylic acids is 1. The molecule has 0 fully saturated rings. The predicted molar refractivity (Wildman–Crippen MR) is 122 cm³/mol. The van der Waals surface area contributed by atoms with Crippen LogP contribution in [0.5, 0.6) is 5.75 Å². The van der Waals surface area contributed by atoms with Gasteiger partial charge in [-0.2, -0.15) is 0 Å². The molecule has 152 valence electrons. The van der Waals surface area contributed by atoms with E-state index >= 15 is 0 Å². The first-order valence-corrected chi connectivity index (χ1v) is 10.4. The summed E-state index contributed by atoms with van der Waals surface area (Å²) in [6.45, 7) is 1.99. The predicted octanol–water partition coefficient (Wildman–Crippen LogP) is 5.54. The highest BCUT2D eigenvalue weighted by molar-refractivity contribution is 7.22. The highest BCUT2D eigenvalue weighted by Gasteiger charge is 2.15. The summed E-state index contributed by atoms with van der Waals surface area (Å²) >= 11 is 1.40. The second kappa shape index (κ2) is 7.70. The minimum Gasteiger partial charge on any atom is -0.508 e. The molecule has 0 saturated heterocycles. The van der Waals surface area contributed by atoms with Crippen LogP contribution in [0.4, 0.5) is 10.8 Å². The first kappa shape index (κ1) is 19.0. The Morgan fingerprint density at radius 2 is 1.87 bits per heavy atom. The Morgan fingerprint density at radius 3 is 2.68 bits per heavy atom. The maximum atomic E-state index is 13.2. The maximum absolute atomic E-state index is 13.2. The summed E-state index contributed by atoms with van der Waals surface area (Å²) in [6, 6.07) is 21.7. The van der Waals surface area contributed by atoms with Crippen LogP contribution in [0.2, 0.25) is 0 Å². The largest absolute Gasteiger partial charge is 0.508 e. The van der Waals surface area contributed by atoms with E-state index in [1.165, 1.54) is 17.4 Å². The van der Waals surface area contributed by atoms with Gasteiger partial charge in [-0.1, -0.05) is 41.2 Å². The number of aromatic nitrogens is 1. The molecule has 0 bridgehead atoms. The number of para-hydroxylation sites is 1.